The molecule has 0 radical (unpaired) electrons. The third kappa shape index (κ3) is 3.92. The average molecular weight is 293 g/mol. The van der Waals surface area contributed by atoms with Crippen molar-refractivity contribution in [1.82, 2.24) is 5.32 Å². The molecule has 3 nitrogen and oxygen atoms in total. The molecule has 0 amide bonds. The molecule has 0 saturated heterocycles. The molecule has 0 spiro atoms. The van der Waals surface area contributed by atoms with Gasteiger partial charge < -0.3 is 14.8 Å². The van der Waals surface area contributed by atoms with Crippen LogP contribution in [0.2, 0.25) is 0 Å². The summed E-state index contributed by atoms with van der Waals surface area (Å²) in [4.78, 5) is 0. The van der Waals surface area contributed by atoms with E-state index >= 15 is 0 Å². The Morgan fingerprint density at radius 1 is 0.952 bits per heavy atom. The summed E-state index contributed by atoms with van der Waals surface area (Å²) in [6, 6.07) is 9.28. The molecule has 2 rings (SSSR count). The number of benzene rings is 2. The van der Waals surface area contributed by atoms with Gasteiger partial charge in [0.1, 0.15) is 6.61 Å². The SMILES string of the molecule is CNCc1ccc(OCc2ccc(F)c(F)c2)c(OC)c1. The van der Waals surface area contributed by atoms with Crippen LogP contribution in [0.3, 0.4) is 0 Å². The Morgan fingerprint density at radius 2 is 1.71 bits per heavy atom. The Bertz CT molecular complexity index is 617. The van der Waals surface area contributed by atoms with Gasteiger partial charge in [0.05, 0.1) is 7.11 Å². The van der Waals surface area contributed by atoms with Crippen molar-refractivity contribution in [2.45, 2.75) is 13.2 Å². The Labute approximate surface area is 122 Å². The summed E-state index contributed by atoms with van der Waals surface area (Å²) >= 11 is 0. The summed E-state index contributed by atoms with van der Waals surface area (Å²) in [5.41, 5.74) is 1.62. The first-order valence-corrected chi connectivity index (χ1v) is 6.52. The van der Waals surface area contributed by atoms with Crippen molar-refractivity contribution in [3.05, 3.63) is 59.2 Å². The molecule has 0 fully saturated rings. The van der Waals surface area contributed by atoms with E-state index in [2.05, 4.69) is 5.32 Å². The fourth-order valence-electron chi connectivity index (χ4n) is 1.94. The molecule has 2 aromatic rings. The first kappa shape index (κ1) is 15.3. The smallest absolute Gasteiger partial charge is 0.161 e. The summed E-state index contributed by atoms with van der Waals surface area (Å²) in [7, 11) is 3.42. The lowest BCUT2D eigenvalue weighted by molar-refractivity contribution is 0.283. The zero-order valence-corrected chi connectivity index (χ0v) is 12.0. The number of hydrogen-bond donors (Lipinski definition) is 1. The number of nitrogens with one attached hydrogen (secondary N) is 1. The largest absolute Gasteiger partial charge is 0.493 e. The lowest BCUT2D eigenvalue weighted by Crippen LogP contribution is -2.05. The second-order valence-electron chi connectivity index (χ2n) is 4.55. The Hall–Kier alpha value is -2.14. The molecule has 1 N–H and O–H groups in total. The molecule has 0 heterocycles. The van der Waals surface area contributed by atoms with Crippen molar-refractivity contribution in [2.75, 3.05) is 14.2 Å². The molecule has 5 heteroatoms. The Kier molecular flexibility index (Phi) is 5.11. The molecule has 112 valence electrons. The van der Waals surface area contributed by atoms with E-state index in [0.29, 0.717) is 17.1 Å². The van der Waals surface area contributed by atoms with Gasteiger partial charge in [0, 0.05) is 6.54 Å². The topological polar surface area (TPSA) is 30.5 Å². The number of halogens is 2. The van der Waals surface area contributed by atoms with E-state index in [4.69, 9.17) is 9.47 Å². The number of ether oxygens (including phenoxy) is 2. The molecule has 0 unspecified atom stereocenters. The maximum atomic E-state index is 13.1. The zero-order valence-electron chi connectivity index (χ0n) is 12.0. The fraction of sp³-hybridized carbons (Fsp3) is 0.250. The number of rotatable bonds is 6. The van der Waals surface area contributed by atoms with Gasteiger partial charge in [-0.05, 0) is 42.4 Å². The molecule has 0 aliphatic heterocycles. The van der Waals surface area contributed by atoms with Crippen molar-refractivity contribution in [3.63, 3.8) is 0 Å². The van der Waals surface area contributed by atoms with E-state index in [1.54, 1.807) is 13.2 Å². The number of methoxy groups -OCH3 is 1. The molecular weight excluding hydrogens is 276 g/mol. The van der Waals surface area contributed by atoms with E-state index in [1.807, 2.05) is 19.2 Å². The molecule has 0 saturated carbocycles. The summed E-state index contributed by atoms with van der Waals surface area (Å²) in [5, 5.41) is 3.05. The standard InChI is InChI=1S/C16H17F2NO2/c1-19-9-11-4-6-15(16(8-11)20-2)21-10-12-3-5-13(17)14(18)7-12/h3-8,19H,9-10H2,1-2H3. The van der Waals surface area contributed by atoms with Crippen LogP contribution in [0.1, 0.15) is 11.1 Å². The third-order valence-corrected chi connectivity index (χ3v) is 2.99. The van der Waals surface area contributed by atoms with Crippen LogP contribution in [-0.4, -0.2) is 14.2 Å². The second-order valence-corrected chi connectivity index (χ2v) is 4.55. The van der Waals surface area contributed by atoms with Crippen LogP contribution in [0, 0.1) is 11.6 Å². The highest BCUT2D eigenvalue weighted by atomic mass is 19.2. The van der Waals surface area contributed by atoms with Gasteiger partial charge in [-0.2, -0.15) is 0 Å². The quantitative estimate of drug-likeness (QED) is 0.886. The van der Waals surface area contributed by atoms with E-state index in [0.717, 1.165) is 24.2 Å². The van der Waals surface area contributed by atoms with Crippen LogP contribution in [0.15, 0.2) is 36.4 Å². The summed E-state index contributed by atoms with van der Waals surface area (Å²) < 4.78 is 36.9. The maximum absolute atomic E-state index is 13.1. The number of hydrogen-bond acceptors (Lipinski definition) is 3. The highest BCUT2D eigenvalue weighted by Gasteiger charge is 2.07. The van der Waals surface area contributed by atoms with Crippen molar-refractivity contribution in [1.29, 1.82) is 0 Å². The third-order valence-electron chi connectivity index (χ3n) is 2.99. The maximum Gasteiger partial charge on any atom is 0.161 e. The van der Waals surface area contributed by atoms with Gasteiger partial charge in [-0.25, -0.2) is 8.78 Å². The monoisotopic (exact) mass is 293 g/mol. The zero-order chi connectivity index (χ0) is 15.2. The Morgan fingerprint density at radius 3 is 2.38 bits per heavy atom. The summed E-state index contributed by atoms with van der Waals surface area (Å²) in [5.74, 6) is -0.590. The predicted molar refractivity (Wildman–Crippen MR) is 76.4 cm³/mol. The molecule has 0 aliphatic carbocycles. The van der Waals surface area contributed by atoms with Gasteiger partial charge in [0.25, 0.3) is 0 Å². The lowest BCUT2D eigenvalue weighted by atomic mass is 10.2. The van der Waals surface area contributed by atoms with Crippen LogP contribution in [0.25, 0.3) is 0 Å². The average Bonchev–Trinajstić information content (AvgIpc) is 2.49. The van der Waals surface area contributed by atoms with Gasteiger partial charge in [0.15, 0.2) is 23.1 Å². The highest BCUT2D eigenvalue weighted by molar-refractivity contribution is 5.43. The molecular formula is C16H17F2NO2. The molecule has 0 aliphatic rings. The first-order chi connectivity index (χ1) is 10.1. The van der Waals surface area contributed by atoms with Crippen molar-refractivity contribution >= 4 is 0 Å². The molecule has 0 aromatic heterocycles. The predicted octanol–water partition coefficient (Wildman–Crippen LogP) is 3.27. The normalized spacial score (nSPS) is 10.5. The molecule has 0 bridgehead atoms. The summed E-state index contributed by atoms with van der Waals surface area (Å²) in [6.07, 6.45) is 0. The van der Waals surface area contributed by atoms with Crippen molar-refractivity contribution in [2.24, 2.45) is 0 Å². The Balaban J connectivity index is 2.10. The van der Waals surface area contributed by atoms with Crippen LogP contribution in [0.5, 0.6) is 11.5 Å². The second kappa shape index (κ2) is 7.04. The van der Waals surface area contributed by atoms with Crippen LogP contribution in [0.4, 0.5) is 8.78 Å². The van der Waals surface area contributed by atoms with Gasteiger partial charge in [0.2, 0.25) is 0 Å². The van der Waals surface area contributed by atoms with E-state index in [1.165, 1.54) is 6.07 Å². The van der Waals surface area contributed by atoms with Crippen LogP contribution < -0.4 is 14.8 Å². The lowest BCUT2D eigenvalue weighted by Gasteiger charge is -2.12. The summed E-state index contributed by atoms with van der Waals surface area (Å²) in [6.45, 7) is 0.860. The van der Waals surface area contributed by atoms with E-state index in [9.17, 15) is 8.78 Å². The van der Waals surface area contributed by atoms with Gasteiger partial charge >= 0.3 is 0 Å². The minimum atomic E-state index is -0.882. The van der Waals surface area contributed by atoms with E-state index in [-0.39, 0.29) is 6.61 Å². The van der Waals surface area contributed by atoms with E-state index < -0.39 is 11.6 Å². The molecule has 2 aromatic carbocycles. The van der Waals surface area contributed by atoms with Gasteiger partial charge in [-0.15, -0.1) is 0 Å². The fourth-order valence-corrected chi connectivity index (χ4v) is 1.94. The van der Waals surface area contributed by atoms with Crippen LogP contribution >= 0.6 is 0 Å². The van der Waals surface area contributed by atoms with Gasteiger partial charge in [-0.3, -0.25) is 0 Å². The molecule has 0 atom stereocenters. The minimum absolute atomic E-state index is 0.138. The van der Waals surface area contributed by atoms with Crippen molar-refractivity contribution in [3.8, 4) is 11.5 Å². The minimum Gasteiger partial charge on any atom is -0.493 e. The molecule has 21 heavy (non-hydrogen) atoms. The van der Waals surface area contributed by atoms with Gasteiger partial charge in [-0.1, -0.05) is 12.1 Å². The highest BCUT2D eigenvalue weighted by Crippen LogP contribution is 2.29. The van der Waals surface area contributed by atoms with Crippen molar-refractivity contribution < 1.29 is 18.3 Å². The van der Waals surface area contributed by atoms with Crippen LogP contribution in [-0.2, 0) is 13.2 Å². The first-order valence-electron chi connectivity index (χ1n) is 6.52.